The van der Waals surface area contributed by atoms with Crippen molar-refractivity contribution in [2.45, 2.75) is 25.9 Å². The molecule has 0 fully saturated rings. The quantitative estimate of drug-likeness (QED) is 0.883. The lowest BCUT2D eigenvalue weighted by atomic mass is 9.82. The Labute approximate surface area is 107 Å². The van der Waals surface area contributed by atoms with Gasteiger partial charge >= 0.3 is 0 Å². The Morgan fingerprint density at radius 2 is 1.94 bits per heavy atom. The van der Waals surface area contributed by atoms with Crippen molar-refractivity contribution in [1.29, 1.82) is 0 Å². The lowest BCUT2D eigenvalue weighted by molar-refractivity contribution is 0.177. The maximum absolute atomic E-state index is 9.50. The summed E-state index contributed by atoms with van der Waals surface area (Å²) in [5.41, 5.74) is 1.48. The van der Waals surface area contributed by atoms with Gasteiger partial charge in [0.25, 0.3) is 0 Å². The molecule has 1 aromatic carbocycles. The van der Waals surface area contributed by atoms with Gasteiger partial charge in [-0.25, -0.2) is 0 Å². The minimum absolute atomic E-state index is 0.0295. The minimum atomic E-state index is -0.399. The van der Waals surface area contributed by atoms with Crippen LogP contribution in [0.1, 0.15) is 25.0 Å². The second-order valence-electron chi connectivity index (χ2n) is 4.62. The summed E-state index contributed by atoms with van der Waals surface area (Å²) >= 11 is 6.03. The molecule has 0 atom stereocenters. The first kappa shape index (κ1) is 14.3. The molecule has 0 aliphatic rings. The first-order valence-corrected chi connectivity index (χ1v) is 5.80. The van der Waals surface area contributed by atoms with Crippen molar-refractivity contribution in [2.75, 3.05) is 20.8 Å². The maximum atomic E-state index is 9.50. The molecule has 0 heterocycles. The number of hydrogen-bond acceptors (Lipinski definition) is 3. The average Bonchev–Trinajstić information content (AvgIpc) is 2.28. The number of rotatable bonds is 5. The Kier molecular flexibility index (Phi) is 4.80. The summed E-state index contributed by atoms with van der Waals surface area (Å²) in [7, 11) is 3.22. The van der Waals surface area contributed by atoms with Crippen molar-refractivity contribution >= 4 is 11.6 Å². The van der Waals surface area contributed by atoms with Crippen LogP contribution < -0.4 is 4.74 Å². The predicted molar refractivity (Wildman–Crippen MR) is 68.8 cm³/mol. The molecule has 0 bridgehead atoms. The van der Waals surface area contributed by atoms with Crippen molar-refractivity contribution in [3.63, 3.8) is 0 Å². The number of benzene rings is 1. The van der Waals surface area contributed by atoms with Crippen LogP contribution in [-0.2, 0) is 16.8 Å². The molecule has 0 saturated heterocycles. The van der Waals surface area contributed by atoms with Crippen LogP contribution in [0.25, 0.3) is 0 Å². The molecule has 0 spiro atoms. The summed E-state index contributed by atoms with van der Waals surface area (Å²) in [6.45, 7) is 4.38. The van der Waals surface area contributed by atoms with Gasteiger partial charge in [0.05, 0.1) is 20.3 Å². The summed E-state index contributed by atoms with van der Waals surface area (Å²) in [4.78, 5) is 0. The van der Waals surface area contributed by atoms with Crippen LogP contribution in [0.5, 0.6) is 5.75 Å². The fourth-order valence-corrected chi connectivity index (χ4v) is 2.14. The van der Waals surface area contributed by atoms with Crippen LogP contribution in [-0.4, -0.2) is 25.9 Å². The molecule has 3 nitrogen and oxygen atoms in total. The van der Waals surface area contributed by atoms with E-state index in [0.717, 1.165) is 11.1 Å². The molecule has 0 amide bonds. The molecule has 0 aliphatic carbocycles. The lowest BCUT2D eigenvalue weighted by Crippen LogP contribution is -2.25. The van der Waals surface area contributed by atoms with E-state index in [1.165, 1.54) is 0 Å². The van der Waals surface area contributed by atoms with E-state index in [9.17, 15) is 5.11 Å². The predicted octanol–water partition coefficient (Wildman–Crippen LogP) is 2.76. The summed E-state index contributed by atoms with van der Waals surface area (Å²) in [5, 5.41) is 10.1. The van der Waals surface area contributed by atoms with Crippen LogP contribution in [0.4, 0.5) is 0 Å². The van der Waals surface area contributed by atoms with Crippen LogP contribution in [0.2, 0.25) is 5.02 Å². The number of hydrogen-bond donors (Lipinski definition) is 1. The number of ether oxygens (including phenoxy) is 2. The molecular weight excluding hydrogens is 240 g/mol. The Balaban J connectivity index is 3.41. The molecule has 1 aromatic rings. The Morgan fingerprint density at radius 3 is 2.41 bits per heavy atom. The number of halogens is 1. The monoisotopic (exact) mass is 258 g/mol. The highest BCUT2D eigenvalue weighted by Crippen LogP contribution is 2.37. The topological polar surface area (TPSA) is 38.7 Å². The van der Waals surface area contributed by atoms with Crippen molar-refractivity contribution in [3.05, 3.63) is 28.3 Å². The largest absolute Gasteiger partial charge is 0.496 e. The Bertz CT molecular complexity index is 388. The first-order chi connectivity index (χ1) is 7.96. The van der Waals surface area contributed by atoms with E-state index in [4.69, 9.17) is 21.1 Å². The molecule has 0 aromatic heterocycles. The summed E-state index contributed by atoms with van der Waals surface area (Å²) < 4.78 is 10.5. The van der Waals surface area contributed by atoms with Crippen LogP contribution >= 0.6 is 11.6 Å². The van der Waals surface area contributed by atoms with Crippen molar-refractivity contribution in [2.24, 2.45) is 0 Å². The normalized spacial score (nSPS) is 11.6. The average molecular weight is 259 g/mol. The smallest absolute Gasteiger partial charge is 0.124 e. The van der Waals surface area contributed by atoms with E-state index in [0.29, 0.717) is 17.4 Å². The molecule has 96 valence electrons. The number of aliphatic hydroxyl groups is 1. The van der Waals surface area contributed by atoms with Gasteiger partial charge in [0.15, 0.2) is 0 Å². The van der Waals surface area contributed by atoms with Crippen LogP contribution in [0.3, 0.4) is 0 Å². The van der Waals surface area contributed by atoms with Crippen molar-refractivity contribution in [1.82, 2.24) is 0 Å². The van der Waals surface area contributed by atoms with Gasteiger partial charge in [-0.1, -0.05) is 25.4 Å². The SMILES string of the molecule is COCc1cc(Cl)cc(OC)c1C(C)(C)CO. The van der Waals surface area contributed by atoms with E-state index in [2.05, 4.69) is 0 Å². The molecule has 0 unspecified atom stereocenters. The highest BCUT2D eigenvalue weighted by molar-refractivity contribution is 6.30. The molecule has 1 N–H and O–H groups in total. The molecular formula is C13H19ClO3. The summed E-state index contributed by atoms with van der Waals surface area (Å²) in [5.74, 6) is 0.684. The van der Waals surface area contributed by atoms with Crippen molar-refractivity contribution < 1.29 is 14.6 Å². The van der Waals surface area contributed by atoms with Gasteiger partial charge in [-0.2, -0.15) is 0 Å². The van der Waals surface area contributed by atoms with Gasteiger partial charge in [0.2, 0.25) is 0 Å². The zero-order valence-corrected chi connectivity index (χ0v) is 11.5. The fourth-order valence-electron chi connectivity index (χ4n) is 1.91. The van der Waals surface area contributed by atoms with Crippen molar-refractivity contribution in [3.8, 4) is 5.75 Å². The van der Waals surface area contributed by atoms with Gasteiger partial charge in [-0.15, -0.1) is 0 Å². The molecule has 0 aliphatic heterocycles. The summed E-state index contributed by atoms with van der Waals surface area (Å²) in [6, 6.07) is 3.60. The Morgan fingerprint density at radius 1 is 1.29 bits per heavy atom. The van der Waals surface area contributed by atoms with Crippen LogP contribution in [0, 0.1) is 0 Å². The molecule has 17 heavy (non-hydrogen) atoms. The third kappa shape index (κ3) is 3.12. The van der Waals surface area contributed by atoms with Gasteiger partial charge in [0.1, 0.15) is 5.75 Å². The highest BCUT2D eigenvalue weighted by Gasteiger charge is 2.27. The second-order valence-corrected chi connectivity index (χ2v) is 5.05. The van der Waals surface area contributed by atoms with Gasteiger partial charge < -0.3 is 14.6 Å². The molecule has 1 rings (SSSR count). The lowest BCUT2D eigenvalue weighted by Gasteiger charge is -2.27. The van der Waals surface area contributed by atoms with E-state index in [1.807, 2.05) is 19.9 Å². The van der Waals surface area contributed by atoms with E-state index < -0.39 is 5.41 Å². The van der Waals surface area contributed by atoms with Gasteiger partial charge in [0, 0.05) is 23.1 Å². The molecule has 0 radical (unpaired) electrons. The number of aliphatic hydroxyl groups excluding tert-OH is 1. The molecule has 0 saturated carbocycles. The van der Waals surface area contributed by atoms with Gasteiger partial charge in [-0.3, -0.25) is 0 Å². The minimum Gasteiger partial charge on any atom is -0.496 e. The zero-order chi connectivity index (χ0) is 13.1. The standard InChI is InChI=1S/C13H19ClO3/c1-13(2,8-15)12-9(7-16-3)5-10(14)6-11(12)17-4/h5-6,15H,7-8H2,1-4H3. The zero-order valence-electron chi connectivity index (χ0n) is 10.7. The fraction of sp³-hybridized carbons (Fsp3) is 0.538. The van der Waals surface area contributed by atoms with E-state index >= 15 is 0 Å². The maximum Gasteiger partial charge on any atom is 0.124 e. The van der Waals surface area contributed by atoms with E-state index in [-0.39, 0.29) is 6.61 Å². The highest BCUT2D eigenvalue weighted by atomic mass is 35.5. The third-order valence-corrected chi connectivity index (χ3v) is 2.96. The third-order valence-electron chi connectivity index (χ3n) is 2.74. The van der Waals surface area contributed by atoms with Crippen LogP contribution in [0.15, 0.2) is 12.1 Å². The summed E-state index contributed by atoms with van der Waals surface area (Å²) in [6.07, 6.45) is 0. The van der Waals surface area contributed by atoms with Gasteiger partial charge in [-0.05, 0) is 17.7 Å². The second kappa shape index (κ2) is 5.71. The number of methoxy groups -OCH3 is 2. The molecule has 4 heteroatoms. The first-order valence-electron chi connectivity index (χ1n) is 5.43. The van der Waals surface area contributed by atoms with E-state index in [1.54, 1.807) is 20.3 Å². The Hall–Kier alpha value is -0.770.